The van der Waals surface area contributed by atoms with Gasteiger partial charge in [-0.25, -0.2) is 0 Å². The van der Waals surface area contributed by atoms with E-state index in [2.05, 4.69) is 36.1 Å². The summed E-state index contributed by atoms with van der Waals surface area (Å²) in [6, 6.07) is 13.8. The molecule has 1 aliphatic rings. The SMILES string of the molecule is COc1ccc([C@@H](O)c2ccc(C)cc2N2CC=CC2)cc1. The van der Waals surface area contributed by atoms with Crippen molar-refractivity contribution in [2.75, 3.05) is 25.1 Å². The molecule has 0 fully saturated rings. The molecule has 3 nitrogen and oxygen atoms in total. The van der Waals surface area contributed by atoms with Crippen molar-refractivity contribution in [3.8, 4) is 5.75 Å². The van der Waals surface area contributed by atoms with Crippen LogP contribution in [0.3, 0.4) is 0 Å². The van der Waals surface area contributed by atoms with Gasteiger partial charge in [0.25, 0.3) is 0 Å². The van der Waals surface area contributed by atoms with E-state index >= 15 is 0 Å². The number of aliphatic hydroxyl groups excluding tert-OH is 1. The van der Waals surface area contributed by atoms with Crippen molar-refractivity contribution >= 4 is 5.69 Å². The van der Waals surface area contributed by atoms with Crippen LogP contribution in [-0.2, 0) is 0 Å². The molecule has 0 saturated carbocycles. The second-order valence-electron chi connectivity index (χ2n) is 5.61. The van der Waals surface area contributed by atoms with Crippen molar-refractivity contribution in [2.24, 2.45) is 0 Å². The van der Waals surface area contributed by atoms with E-state index in [0.717, 1.165) is 35.7 Å². The number of aliphatic hydroxyl groups is 1. The minimum atomic E-state index is -0.637. The molecule has 22 heavy (non-hydrogen) atoms. The first kappa shape index (κ1) is 14.7. The molecule has 3 heteroatoms. The lowest BCUT2D eigenvalue weighted by atomic mass is 9.98. The minimum Gasteiger partial charge on any atom is -0.497 e. The van der Waals surface area contributed by atoms with Crippen LogP contribution in [0.1, 0.15) is 22.8 Å². The van der Waals surface area contributed by atoms with Crippen molar-refractivity contribution in [3.63, 3.8) is 0 Å². The number of aryl methyl sites for hydroxylation is 1. The number of hydrogen-bond acceptors (Lipinski definition) is 3. The lowest BCUT2D eigenvalue weighted by Crippen LogP contribution is -2.21. The Morgan fingerprint density at radius 2 is 1.73 bits per heavy atom. The van der Waals surface area contributed by atoms with Crippen molar-refractivity contribution < 1.29 is 9.84 Å². The lowest BCUT2D eigenvalue weighted by molar-refractivity contribution is 0.220. The summed E-state index contributed by atoms with van der Waals surface area (Å²) in [5, 5.41) is 10.8. The van der Waals surface area contributed by atoms with E-state index in [9.17, 15) is 5.11 Å². The number of anilines is 1. The average Bonchev–Trinajstić information content (AvgIpc) is 3.08. The fourth-order valence-corrected chi connectivity index (χ4v) is 2.80. The predicted molar refractivity (Wildman–Crippen MR) is 89.6 cm³/mol. The summed E-state index contributed by atoms with van der Waals surface area (Å²) in [5.74, 6) is 0.795. The molecule has 0 bridgehead atoms. The number of benzene rings is 2. The molecule has 1 heterocycles. The Bertz CT molecular complexity index is 668. The minimum absolute atomic E-state index is 0.637. The van der Waals surface area contributed by atoms with Crippen molar-refractivity contribution in [1.29, 1.82) is 0 Å². The predicted octanol–water partition coefficient (Wildman–Crippen LogP) is 3.46. The maximum Gasteiger partial charge on any atom is 0.118 e. The number of rotatable bonds is 4. The maximum atomic E-state index is 10.8. The summed E-state index contributed by atoms with van der Waals surface area (Å²) in [7, 11) is 1.64. The van der Waals surface area contributed by atoms with Crippen LogP contribution in [0, 0.1) is 6.92 Å². The quantitative estimate of drug-likeness (QED) is 0.877. The van der Waals surface area contributed by atoms with Gasteiger partial charge in [0.1, 0.15) is 11.9 Å². The van der Waals surface area contributed by atoms with Crippen molar-refractivity contribution in [2.45, 2.75) is 13.0 Å². The third-order valence-electron chi connectivity index (χ3n) is 4.07. The molecule has 1 atom stereocenters. The Labute approximate surface area is 131 Å². The van der Waals surface area contributed by atoms with E-state index in [4.69, 9.17) is 4.74 Å². The van der Waals surface area contributed by atoms with E-state index in [1.807, 2.05) is 30.3 Å². The van der Waals surface area contributed by atoms with Gasteiger partial charge in [-0.2, -0.15) is 0 Å². The Kier molecular flexibility index (Phi) is 4.16. The standard InChI is InChI=1S/C19H21NO2/c1-14-5-10-17(18(13-14)20-11-3-4-12-20)19(21)15-6-8-16(22-2)9-7-15/h3-10,13,19,21H,11-12H2,1-2H3/t19-/m1/s1. The van der Waals surface area contributed by atoms with Gasteiger partial charge in [-0.05, 0) is 36.2 Å². The van der Waals surface area contributed by atoms with Crippen molar-refractivity contribution in [3.05, 3.63) is 71.3 Å². The highest BCUT2D eigenvalue weighted by molar-refractivity contribution is 5.59. The zero-order valence-corrected chi connectivity index (χ0v) is 13.0. The second-order valence-corrected chi connectivity index (χ2v) is 5.61. The van der Waals surface area contributed by atoms with Crippen LogP contribution >= 0.6 is 0 Å². The number of nitrogens with zero attached hydrogens (tertiary/aromatic N) is 1. The molecule has 114 valence electrons. The first-order valence-electron chi connectivity index (χ1n) is 7.51. The van der Waals surface area contributed by atoms with Gasteiger partial charge in [-0.15, -0.1) is 0 Å². The maximum absolute atomic E-state index is 10.8. The zero-order chi connectivity index (χ0) is 15.5. The zero-order valence-electron chi connectivity index (χ0n) is 13.0. The molecule has 0 unspecified atom stereocenters. The van der Waals surface area contributed by atoms with Gasteiger partial charge in [0.15, 0.2) is 0 Å². The largest absolute Gasteiger partial charge is 0.497 e. The van der Waals surface area contributed by atoms with Gasteiger partial charge in [-0.3, -0.25) is 0 Å². The van der Waals surface area contributed by atoms with Crippen LogP contribution in [0.5, 0.6) is 5.75 Å². The molecular formula is C19H21NO2. The summed E-state index contributed by atoms with van der Waals surface area (Å²) in [6.45, 7) is 3.87. The van der Waals surface area contributed by atoms with E-state index in [0.29, 0.717) is 0 Å². The second kappa shape index (κ2) is 6.24. The van der Waals surface area contributed by atoms with E-state index in [1.54, 1.807) is 7.11 Å². The van der Waals surface area contributed by atoms with E-state index in [-0.39, 0.29) is 0 Å². The van der Waals surface area contributed by atoms with Crippen LogP contribution in [-0.4, -0.2) is 25.3 Å². The Balaban J connectivity index is 1.95. The van der Waals surface area contributed by atoms with Gasteiger partial charge >= 0.3 is 0 Å². The van der Waals surface area contributed by atoms with Crippen LogP contribution in [0.2, 0.25) is 0 Å². The van der Waals surface area contributed by atoms with Crippen LogP contribution < -0.4 is 9.64 Å². The molecule has 2 aromatic carbocycles. The summed E-state index contributed by atoms with van der Waals surface area (Å²) >= 11 is 0. The molecule has 0 saturated heterocycles. The summed E-state index contributed by atoms with van der Waals surface area (Å²) in [4.78, 5) is 2.27. The number of ether oxygens (including phenoxy) is 1. The van der Waals surface area contributed by atoms with Gasteiger partial charge in [0, 0.05) is 24.3 Å². The first-order chi connectivity index (χ1) is 10.7. The monoisotopic (exact) mass is 295 g/mol. The van der Waals surface area contributed by atoms with E-state index in [1.165, 1.54) is 5.56 Å². The molecule has 3 rings (SSSR count). The summed E-state index contributed by atoms with van der Waals surface area (Å²) in [6.07, 6.45) is 3.68. The molecule has 0 aliphatic carbocycles. The van der Waals surface area contributed by atoms with Crippen LogP contribution in [0.15, 0.2) is 54.6 Å². The molecule has 1 aliphatic heterocycles. The van der Waals surface area contributed by atoms with Gasteiger partial charge in [0.05, 0.1) is 7.11 Å². The summed E-state index contributed by atoms with van der Waals surface area (Å²) in [5.41, 5.74) is 4.12. The van der Waals surface area contributed by atoms with Gasteiger partial charge in [0.2, 0.25) is 0 Å². The van der Waals surface area contributed by atoms with Gasteiger partial charge in [-0.1, -0.05) is 36.4 Å². The molecule has 0 aromatic heterocycles. The molecular weight excluding hydrogens is 274 g/mol. The highest BCUT2D eigenvalue weighted by atomic mass is 16.5. The number of methoxy groups -OCH3 is 1. The Morgan fingerprint density at radius 1 is 1.05 bits per heavy atom. The molecule has 0 spiro atoms. The van der Waals surface area contributed by atoms with Gasteiger partial charge < -0.3 is 14.7 Å². The molecule has 1 N–H and O–H groups in total. The number of hydrogen-bond donors (Lipinski definition) is 1. The topological polar surface area (TPSA) is 32.7 Å². The smallest absolute Gasteiger partial charge is 0.118 e. The third-order valence-corrected chi connectivity index (χ3v) is 4.07. The fourth-order valence-electron chi connectivity index (χ4n) is 2.80. The Hall–Kier alpha value is -2.26. The highest BCUT2D eigenvalue weighted by Gasteiger charge is 2.19. The third kappa shape index (κ3) is 2.85. The average molecular weight is 295 g/mol. The highest BCUT2D eigenvalue weighted by Crippen LogP contribution is 2.33. The summed E-state index contributed by atoms with van der Waals surface area (Å²) < 4.78 is 5.18. The van der Waals surface area contributed by atoms with Crippen molar-refractivity contribution in [1.82, 2.24) is 0 Å². The normalized spacial score (nSPS) is 15.1. The first-order valence-corrected chi connectivity index (χ1v) is 7.51. The Morgan fingerprint density at radius 3 is 2.36 bits per heavy atom. The molecule has 0 radical (unpaired) electrons. The molecule has 2 aromatic rings. The van der Waals surface area contributed by atoms with E-state index < -0.39 is 6.10 Å². The lowest BCUT2D eigenvalue weighted by Gasteiger charge is -2.25. The van der Waals surface area contributed by atoms with Crippen LogP contribution in [0.25, 0.3) is 0 Å². The van der Waals surface area contributed by atoms with Crippen LogP contribution in [0.4, 0.5) is 5.69 Å². The fraction of sp³-hybridized carbons (Fsp3) is 0.263. The molecule has 0 amide bonds.